The van der Waals surface area contributed by atoms with Crippen LogP contribution in [0.2, 0.25) is 0 Å². The molecule has 3 heterocycles. The smallest absolute Gasteiger partial charge is 0.225 e. The van der Waals surface area contributed by atoms with E-state index in [2.05, 4.69) is 62.3 Å². The molecule has 156 valence electrons. The molecule has 6 heteroatoms. The number of hydrogen-bond acceptors (Lipinski definition) is 5. The van der Waals surface area contributed by atoms with E-state index in [0.29, 0.717) is 5.91 Å². The third-order valence-electron chi connectivity index (χ3n) is 6.23. The summed E-state index contributed by atoms with van der Waals surface area (Å²) in [7, 11) is 0. The highest BCUT2D eigenvalue weighted by Crippen LogP contribution is 2.22. The van der Waals surface area contributed by atoms with Crippen molar-refractivity contribution in [3.05, 3.63) is 52.0 Å². The summed E-state index contributed by atoms with van der Waals surface area (Å²) >= 11 is 1.72. The Balaban J connectivity index is 1.17. The number of piperazine rings is 1. The molecule has 0 unspecified atom stereocenters. The zero-order valence-electron chi connectivity index (χ0n) is 17.4. The lowest BCUT2D eigenvalue weighted by Gasteiger charge is -2.38. The van der Waals surface area contributed by atoms with E-state index in [1.165, 1.54) is 11.3 Å². The van der Waals surface area contributed by atoms with Crippen LogP contribution in [-0.4, -0.2) is 71.4 Å². The maximum Gasteiger partial charge on any atom is 0.225 e. The van der Waals surface area contributed by atoms with Crippen LogP contribution in [0, 0.1) is 12.8 Å². The Kier molecular flexibility index (Phi) is 6.95. The number of carbonyl (C=O) groups excluding carboxylic acids is 1. The average molecular weight is 413 g/mol. The number of amides is 1. The van der Waals surface area contributed by atoms with Gasteiger partial charge in [0.25, 0.3) is 0 Å². The van der Waals surface area contributed by atoms with Gasteiger partial charge in [-0.2, -0.15) is 0 Å². The molecule has 2 aliphatic heterocycles. The number of rotatable bonds is 6. The second kappa shape index (κ2) is 9.83. The van der Waals surface area contributed by atoms with Crippen molar-refractivity contribution in [1.82, 2.24) is 19.7 Å². The Morgan fingerprint density at radius 1 is 1.03 bits per heavy atom. The molecular weight excluding hydrogens is 380 g/mol. The van der Waals surface area contributed by atoms with Crippen molar-refractivity contribution in [1.29, 1.82) is 0 Å². The van der Waals surface area contributed by atoms with Gasteiger partial charge in [0.05, 0.1) is 10.7 Å². The summed E-state index contributed by atoms with van der Waals surface area (Å²) in [5.74, 6) is 0.594. The highest BCUT2D eigenvalue weighted by atomic mass is 32.1. The van der Waals surface area contributed by atoms with Crippen LogP contribution in [0.25, 0.3) is 0 Å². The Hall–Kier alpha value is -1.76. The molecule has 4 rings (SSSR count). The van der Waals surface area contributed by atoms with Crippen molar-refractivity contribution in [2.24, 2.45) is 5.92 Å². The Labute approximate surface area is 178 Å². The number of nitrogens with zero attached hydrogens (tertiary/aromatic N) is 4. The van der Waals surface area contributed by atoms with E-state index in [4.69, 9.17) is 0 Å². The number of carbonyl (C=O) groups is 1. The summed E-state index contributed by atoms with van der Waals surface area (Å²) < 4.78 is 0. The number of piperidine rings is 1. The van der Waals surface area contributed by atoms with E-state index in [-0.39, 0.29) is 5.92 Å². The summed E-state index contributed by atoms with van der Waals surface area (Å²) in [5.41, 5.74) is 2.56. The van der Waals surface area contributed by atoms with Gasteiger partial charge in [-0.3, -0.25) is 14.6 Å². The minimum Gasteiger partial charge on any atom is -0.340 e. The summed E-state index contributed by atoms with van der Waals surface area (Å²) in [4.78, 5) is 24.6. The molecule has 0 bridgehead atoms. The number of benzene rings is 1. The minimum absolute atomic E-state index is 0.208. The Bertz CT molecular complexity index is 777. The molecule has 0 atom stereocenters. The molecule has 2 fully saturated rings. The van der Waals surface area contributed by atoms with E-state index in [1.54, 1.807) is 11.3 Å². The average Bonchev–Trinajstić information content (AvgIpc) is 3.18. The van der Waals surface area contributed by atoms with Crippen LogP contribution in [0.4, 0.5) is 0 Å². The lowest BCUT2D eigenvalue weighted by atomic mass is 9.95. The normalized spacial score (nSPS) is 19.6. The number of thiazole rings is 1. The molecule has 0 N–H and O–H groups in total. The largest absolute Gasteiger partial charge is 0.340 e. The lowest BCUT2D eigenvalue weighted by Crippen LogP contribution is -2.51. The van der Waals surface area contributed by atoms with Crippen molar-refractivity contribution >= 4 is 17.2 Å². The minimum atomic E-state index is 0.208. The van der Waals surface area contributed by atoms with Crippen LogP contribution in [0.5, 0.6) is 0 Å². The fraction of sp³-hybridized carbons (Fsp3) is 0.565. The molecule has 0 saturated carbocycles. The van der Waals surface area contributed by atoms with Gasteiger partial charge in [-0.15, -0.1) is 11.3 Å². The van der Waals surface area contributed by atoms with Gasteiger partial charge in [0.2, 0.25) is 5.91 Å². The highest BCUT2D eigenvalue weighted by molar-refractivity contribution is 7.09. The molecule has 5 nitrogen and oxygen atoms in total. The SMILES string of the molecule is Cc1nc(CN2CCC(C(=O)N3CCN(CCc4ccccc4)CC3)CC2)cs1. The van der Waals surface area contributed by atoms with E-state index >= 15 is 0 Å². The van der Waals surface area contributed by atoms with Crippen molar-refractivity contribution in [3.8, 4) is 0 Å². The molecule has 0 radical (unpaired) electrons. The van der Waals surface area contributed by atoms with Crippen LogP contribution in [0.15, 0.2) is 35.7 Å². The predicted octanol–water partition coefficient (Wildman–Crippen LogP) is 3.05. The summed E-state index contributed by atoms with van der Waals surface area (Å²) in [5, 5.41) is 3.29. The van der Waals surface area contributed by atoms with Crippen LogP contribution in [0.3, 0.4) is 0 Å². The molecular formula is C23H32N4OS. The van der Waals surface area contributed by atoms with Crippen LogP contribution in [0.1, 0.15) is 29.1 Å². The van der Waals surface area contributed by atoms with Crippen molar-refractivity contribution < 1.29 is 4.79 Å². The Morgan fingerprint density at radius 2 is 1.76 bits per heavy atom. The monoisotopic (exact) mass is 412 g/mol. The summed E-state index contributed by atoms with van der Waals surface area (Å²) in [6.45, 7) is 9.83. The first-order chi connectivity index (χ1) is 14.2. The van der Waals surface area contributed by atoms with Crippen molar-refractivity contribution in [2.75, 3.05) is 45.8 Å². The number of aromatic nitrogens is 1. The van der Waals surface area contributed by atoms with Gasteiger partial charge in [0.15, 0.2) is 0 Å². The maximum atomic E-state index is 13.0. The predicted molar refractivity (Wildman–Crippen MR) is 118 cm³/mol. The third-order valence-corrected chi connectivity index (χ3v) is 7.05. The quantitative estimate of drug-likeness (QED) is 0.731. The van der Waals surface area contributed by atoms with Gasteiger partial charge in [-0.05, 0) is 44.8 Å². The van der Waals surface area contributed by atoms with E-state index in [1.807, 2.05) is 0 Å². The van der Waals surface area contributed by atoms with Gasteiger partial charge >= 0.3 is 0 Å². The zero-order chi connectivity index (χ0) is 20.1. The molecule has 1 amide bonds. The number of likely N-dealkylation sites (tertiary alicyclic amines) is 1. The lowest BCUT2D eigenvalue weighted by molar-refractivity contribution is -0.138. The van der Waals surface area contributed by atoms with Crippen LogP contribution in [-0.2, 0) is 17.8 Å². The molecule has 2 aromatic rings. The number of aryl methyl sites for hydroxylation is 1. The second-order valence-corrected chi connectivity index (χ2v) is 9.37. The first-order valence-corrected chi connectivity index (χ1v) is 11.7. The van der Waals surface area contributed by atoms with Gasteiger partial charge in [-0.1, -0.05) is 30.3 Å². The molecule has 29 heavy (non-hydrogen) atoms. The first-order valence-electron chi connectivity index (χ1n) is 10.9. The standard InChI is InChI=1S/C23H32N4OS/c1-19-24-22(18-29-19)17-26-11-8-21(9-12-26)23(28)27-15-13-25(14-16-27)10-7-20-5-3-2-4-6-20/h2-6,18,21H,7-17H2,1H3. The van der Waals surface area contributed by atoms with E-state index in [9.17, 15) is 4.79 Å². The fourth-order valence-corrected chi connectivity index (χ4v) is 5.03. The van der Waals surface area contributed by atoms with Gasteiger partial charge < -0.3 is 4.90 Å². The molecule has 1 aromatic carbocycles. The molecule has 0 aliphatic carbocycles. The maximum absolute atomic E-state index is 13.0. The van der Waals surface area contributed by atoms with Crippen LogP contribution >= 0.6 is 11.3 Å². The highest BCUT2D eigenvalue weighted by Gasteiger charge is 2.30. The molecule has 2 saturated heterocycles. The van der Waals surface area contributed by atoms with E-state index in [0.717, 1.165) is 76.6 Å². The third kappa shape index (κ3) is 5.65. The summed E-state index contributed by atoms with van der Waals surface area (Å²) in [6.07, 6.45) is 3.05. The molecule has 0 spiro atoms. The van der Waals surface area contributed by atoms with Crippen molar-refractivity contribution in [2.45, 2.75) is 32.7 Å². The zero-order valence-corrected chi connectivity index (χ0v) is 18.2. The van der Waals surface area contributed by atoms with Crippen LogP contribution < -0.4 is 0 Å². The second-order valence-electron chi connectivity index (χ2n) is 8.31. The summed E-state index contributed by atoms with van der Waals surface area (Å²) in [6, 6.07) is 10.7. The molecule has 2 aliphatic rings. The topological polar surface area (TPSA) is 39.7 Å². The van der Waals surface area contributed by atoms with Gasteiger partial charge in [0.1, 0.15) is 0 Å². The van der Waals surface area contributed by atoms with Gasteiger partial charge in [-0.25, -0.2) is 4.98 Å². The van der Waals surface area contributed by atoms with Crippen molar-refractivity contribution in [3.63, 3.8) is 0 Å². The van der Waals surface area contributed by atoms with Gasteiger partial charge in [0, 0.05) is 50.6 Å². The number of hydrogen-bond donors (Lipinski definition) is 0. The molecule has 1 aromatic heterocycles. The fourth-order valence-electron chi connectivity index (χ4n) is 4.43. The van der Waals surface area contributed by atoms with E-state index < -0.39 is 0 Å². The Morgan fingerprint density at radius 3 is 2.41 bits per heavy atom. The first kappa shape index (κ1) is 20.5.